The number of ketones is 1. The van der Waals surface area contributed by atoms with Crippen LogP contribution in [0.2, 0.25) is 0 Å². The van der Waals surface area contributed by atoms with Gasteiger partial charge < -0.3 is 14.4 Å². The molecule has 0 N–H and O–H groups in total. The molecule has 0 radical (unpaired) electrons. The zero-order valence-corrected chi connectivity index (χ0v) is 18.2. The zero-order valence-electron chi connectivity index (χ0n) is 17.4. The molecular weight excluding hydrogens is 414 g/mol. The normalized spacial score (nSPS) is 10.4. The Morgan fingerprint density at radius 3 is 2.29 bits per heavy atom. The SMILES string of the molecule is CCOc1ccc(CN(C)C(=O)COC(=O)c2ccccc2C(=O)c2cccs2)cc1. The summed E-state index contributed by atoms with van der Waals surface area (Å²) in [5, 5.41) is 1.80. The molecule has 0 unspecified atom stereocenters. The molecule has 3 rings (SSSR count). The van der Waals surface area contributed by atoms with Crippen LogP contribution in [-0.2, 0) is 16.1 Å². The summed E-state index contributed by atoms with van der Waals surface area (Å²) < 4.78 is 10.6. The Labute approximate surface area is 185 Å². The molecule has 1 amide bonds. The molecule has 0 atom stereocenters. The lowest BCUT2D eigenvalue weighted by Crippen LogP contribution is -2.31. The van der Waals surface area contributed by atoms with Crippen LogP contribution in [-0.4, -0.2) is 42.8 Å². The van der Waals surface area contributed by atoms with Crippen molar-refractivity contribution in [1.29, 1.82) is 0 Å². The molecule has 0 aliphatic heterocycles. The van der Waals surface area contributed by atoms with Gasteiger partial charge >= 0.3 is 5.97 Å². The predicted octanol–water partition coefficient (Wildman–Crippen LogP) is 4.19. The number of likely N-dealkylation sites (N-methyl/N-ethyl adjacent to an activating group) is 1. The van der Waals surface area contributed by atoms with Crippen LogP contribution in [0.1, 0.15) is 38.1 Å². The van der Waals surface area contributed by atoms with Crippen LogP contribution in [0.5, 0.6) is 5.75 Å². The van der Waals surface area contributed by atoms with Gasteiger partial charge in [-0.1, -0.05) is 36.4 Å². The first kappa shape index (κ1) is 22.2. The van der Waals surface area contributed by atoms with Gasteiger partial charge in [0.1, 0.15) is 5.75 Å². The Bertz CT molecular complexity index is 1040. The summed E-state index contributed by atoms with van der Waals surface area (Å²) in [6.07, 6.45) is 0. The summed E-state index contributed by atoms with van der Waals surface area (Å²) in [6, 6.07) is 17.4. The molecule has 0 fully saturated rings. The first-order chi connectivity index (χ1) is 15.0. The molecule has 0 saturated heterocycles. The van der Waals surface area contributed by atoms with Crippen molar-refractivity contribution in [3.8, 4) is 5.75 Å². The number of ether oxygens (including phenoxy) is 2. The van der Waals surface area contributed by atoms with E-state index in [4.69, 9.17) is 9.47 Å². The van der Waals surface area contributed by atoms with Gasteiger partial charge in [0.25, 0.3) is 5.91 Å². The van der Waals surface area contributed by atoms with Gasteiger partial charge in [0.2, 0.25) is 5.78 Å². The summed E-state index contributed by atoms with van der Waals surface area (Å²) in [7, 11) is 1.64. The lowest BCUT2D eigenvalue weighted by atomic mass is 10.0. The number of carbonyl (C=O) groups is 3. The number of hydrogen-bond donors (Lipinski definition) is 0. The maximum atomic E-state index is 12.7. The molecular formula is C24H23NO5S. The minimum absolute atomic E-state index is 0.142. The quantitative estimate of drug-likeness (QED) is 0.371. The van der Waals surface area contributed by atoms with E-state index in [9.17, 15) is 14.4 Å². The third kappa shape index (κ3) is 5.79. The van der Waals surface area contributed by atoms with E-state index in [1.807, 2.05) is 31.2 Å². The molecule has 6 nitrogen and oxygen atoms in total. The monoisotopic (exact) mass is 437 g/mol. The van der Waals surface area contributed by atoms with Crippen LogP contribution in [0.15, 0.2) is 66.0 Å². The number of benzene rings is 2. The largest absolute Gasteiger partial charge is 0.494 e. The number of rotatable bonds is 9. The second-order valence-corrected chi connectivity index (χ2v) is 7.70. The van der Waals surface area contributed by atoms with Gasteiger partial charge in [0, 0.05) is 19.2 Å². The lowest BCUT2D eigenvalue weighted by molar-refractivity contribution is -0.133. The summed E-state index contributed by atoms with van der Waals surface area (Å²) in [5.74, 6) is -0.529. The van der Waals surface area contributed by atoms with Gasteiger partial charge in [0.05, 0.1) is 17.0 Å². The van der Waals surface area contributed by atoms with E-state index in [-0.39, 0.29) is 22.8 Å². The highest BCUT2D eigenvalue weighted by molar-refractivity contribution is 7.12. The van der Waals surface area contributed by atoms with Crippen LogP contribution < -0.4 is 4.74 Å². The van der Waals surface area contributed by atoms with Crippen LogP contribution in [0.3, 0.4) is 0 Å². The number of carbonyl (C=O) groups excluding carboxylic acids is 3. The van der Waals surface area contributed by atoms with Gasteiger partial charge in [-0.15, -0.1) is 11.3 Å². The Morgan fingerprint density at radius 1 is 0.935 bits per heavy atom. The van der Waals surface area contributed by atoms with E-state index >= 15 is 0 Å². The van der Waals surface area contributed by atoms with Crippen molar-refractivity contribution < 1.29 is 23.9 Å². The highest BCUT2D eigenvalue weighted by Gasteiger charge is 2.21. The average molecular weight is 438 g/mol. The van der Waals surface area contributed by atoms with Crippen LogP contribution >= 0.6 is 11.3 Å². The van der Waals surface area contributed by atoms with Crippen LogP contribution in [0, 0.1) is 0 Å². The van der Waals surface area contributed by atoms with Gasteiger partial charge in [0.15, 0.2) is 6.61 Å². The molecule has 3 aromatic rings. The minimum Gasteiger partial charge on any atom is -0.494 e. The fraction of sp³-hybridized carbons (Fsp3) is 0.208. The van der Waals surface area contributed by atoms with Crippen molar-refractivity contribution in [2.75, 3.05) is 20.3 Å². The molecule has 0 aliphatic rings. The fourth-order valence-corrected chi connectivity index (χ4v) is 3.61. The number of nitrogens with zero attached hydrogens (tertiary/aromatic N) is 1. The highest BCUT2D eigenvalue weighted by Crippen LogP contribution is 2.19. The van der Waals surface area contributed by atoms with Crippen molar-refractivity contribution in [1.82, 2.24) is 4.90 Å². The standard InChI is InChI=1S/C24H23NO5S/c1-3-29-18-12-10-17(11-13-18)15-25(2)22(26)16-30-24(28)20-8-5-4-7-19(20)23(27)21-9-6-14-31-21/h4-14H,3,15-16H2,1-2H3. The van der Waals surface area contributed by atoms with E-state index in [0.29, 0.717) is 18.0 Å². The second-order valence-electron chi connectivity index (χ2n) is 6.75. The van der Waals surface area contributed by atoms with Gasteiger partial charge in [-0.05, 0) is 42.1 Å². The van der Waals surface area contributed by atoms with Gasteiger partial charge in [-0.25, -0.2) is 4.79 Å². The van der Waals surface area contributed by atoms with Crippen molar-refractivity contribution in [3.63, 3.8) is 0 Å². The lowest BCUT2D eigenvalue weighted by Gasteiger charge is -2.17. The third-order valence-corrected chi connectivity index (χ3v) is 5.41. The third-order valence-electron chi connectivity index (χ3n) is 4.54. The molecule has 0 aliphatic carbocycles. The summed E-state index contributed by atoms with van der Waals surface area (Å²) in [5.41, 5.74) is 1.32. The maximum absolute atomic E-state index is 12.7. The topological polar surface area (TPSA) is 72.9 Å². The maximum Gasteiger partial charge on any atom is 0.339 e. The smallest absolute Gasteiger partial charge is 0.339 e. The van der Waals surface area contributed by atoms with Crippen molar-refractivity contribution in [2.24, 2.45) is 0 Å². The van der Waals surface area contributed by atoms with E-state index < -0.39 is 12.6 Å². The van der Waals surface area contributed by atoms with Crippen molar-refractivity contribution in [2.45, 2.75) is 13.5 Å². The van der Waals surface area contributed by atoms with E-state index in [1.54, 1.807) is 42.8 Å². The Hall–Kier alpha value is -3.45. The van der Waals surface area contributed by atoms with Crippen molar-refractivity contribution >= 4 is 29.0 Å². The second kappa shape index (κ2) is 10.5. The summed E-state index contributed by atoms with van der Waals surface area (Å²) >= 11 is 1.30. The Morgan fingerprint density at radius 2 is 1.65 bits per heavy atom. The number of hydrogen-bond acceptors (Lipinski definition) is 6. The summed E-state index contributed by atoms with van der Waals surface area (Å²) in [6.45, 7) is 2.47. The molecule has 0 spiro atoms. The average Bonchev–Trinajstić information content (AvgIpc) is 3.33. The number of esters is 1. The molecule has 2 aromatic carbocycles. The highest BCUT2D eigenvalue weighted by atomic mass is 32.1. The minimum atomic E-state index is -0.705. The van der Waals surface area contributed by atoms with Crippen LogP contribution in [0.25, 0.3) is 0 Å². The molecule has 31 heavy (non-hydrogen) atoms. The molecule has 0 saturated carbocycles. The first-order valence-corrected chi connectivity index (χ1v) is 10.7. The van der Waals surface area contributed by atoms with Gasteiger partial charge in [-0.2, -0.15) is 0 Å². The van der Waals surface area contributed by atoms with Gasteiger partial charge in [-0.3, -0.25) is 9.59 Å². The Balaban J connectivity index is 1.59. The van der Waals surface area contributed by atoms with E-state index in [0.717, 1.165) is 11.3 Å². The van der Waals surface area contributed by atoms with E-state index in [1.165, 1.54) is 22.3 Å². The molecule has 0 bridgehead atoms. The summed E-state index contributed by atoms with van der Waals surface area (Å²) in [4.78, 5) is 39.7. The first-order valence-electron chi connectivity index (χ1n) is 9.79. The van der Waals surface area contributed by atoms with E-state index in [2.05, 4.69) is 0 Å². The zero-order chi connectivity index (χ0) is 22.2. The number of thiophene rings is 1. The van der Waals surface area contributed by atoms with Crippen LogP contribution in [0.4, 0.5) is 0 Å². The molecule has 1 heterocycles. The number of amides is 1. The molecule has 7 heteroatoms. The molecule has 1 aromatic heterocycles. The fourth-order valence-electron chi connectivity index (χ4n) is 2.93. The predicted molar refractivity (Wildman–Crippen MR) is 119 cm³/mol. The Kier molecular flexibility index (Phi) is 7.56. The van der Waals surface area contributed by atoms with Crippen molar-refractivity contribution in [3.05, 3.63) is 87.6 Å². The molecule has 160 valence electrons.